The van der Waals surface area contributed by atoms with Crippen molar-refractivity contribution in [3.05, 3.63) is 56.4 Å². The number of hydrogen-bond donors (Lipinski definition) is 1. The second kappa shape index (κ2) is 5.81. The zero-order valence-corrected chi connectivity index (χ0v) is 11.8. The molecule has 6 heteroatoms. The molecule has 0 radical (unpaired) electrons. The summed E-state index contributed by atoms with van der Waals surface area (Å²) in [4.78, 5) is 23.2. The molecule has 1 unspecified atom stereocenters. The molecule has 0 saturated carbocycles. The van der Waals surface area contributed by atoms with Crippen LogP contribution < -0.4 is 11.1 Å². The molecule has 0 aromatic carbocycles. The Morgan fingerprint density at radius 2 is 1.95 bits per heavy atom. The summed E-state index contributed by atoms with van der Waals surface area (Å²) in [6.07, 6.45) is 1.64. The van der Waals surface area contributed by atoms with Gasteiger partial charge in [0.05, 0.1) is 12.2 Å². The minimum Gasteiger partial charge on any atom is -0.268 e. The fourth-order valence-electron chi connectivity index (χ4n) is 2.02. The molecule has 1 atom stereocenters. The van der Waals surface area contributed by atoms with Crippen LogP contribution in [0.3, 0.4) is 0 Å². The zero-order valence-electron chi connectivity index (χ0n) is 11.8. The highest BCUT2D eigenvalue weighted by atomic mass is 16.1. The van der Waals surface area contributed by atoms with Gasteiger partial charge < -0.3 is 0 Å². The Balaban J connectivity index is 2.26. The summed E-state index contributed by atoms with van der Waals surface area (Å²) in [6.45, 7) is 6.33. The molecule has 0 amide bonds. The standard InChI is InChI=1S/C14H18N4O2/c1-9(2)11-6-7-15-18(14(11)20)8-10(3)12-4-5-13(19)17-16-12/h4-7,9-10H,8H2,1-3H3,(H,17,19). The molecule has 0 aliphatic heterocycles. The number of nitrogens with zero attached hydrogens (tertiary/aromatic N) is 3. The topological polar surface area (TPSA) is 80.6 Å². The highest BCUT2D eigenvalue weighted by Crippen LogP contribution is 2.13. The van der Waals surface area contributed by atoms with E-state index in [1.807, 2.05) is 20.8 Å². The predicted molar refractivity (Wildman–Crippen MR) is 75.9 cm³/mol. The molecular formula is C14H18N4O2. The zero-order chi connectivity index (χ0) is 14.7. The van der Waals surface area contributed by atoms with Crippen LogP contribution in [-0.2, 0) is 6.54 Å². The van der Waals surface area contributed by atoms with Crippen LogP contribution in [0.25, 0.3) is 0 Å². The Kier molecular flexibility index (Phi) is 4.12. The van der Waals surface area contributed by atoms with Crippen LogP contribution in [0, 0.1) is 0 Å². The van der Waals surface area contributed by atoms with E-state index in [0.29, 0.717) is 6.54 Å². The molecule has 1 N–H and O–H groups in total. The number of aromatic nitrogens is 4. The molecule has 0 bridgehead atoms. The summed E-state index contributed by atoms with van der Waals surface area (Å²) in [5.74, 6) is 0.151. The van der Waals surface area contributed by atoms with Gasteiger partial charge in [0.15, 0.2) is 0 Å². The lowest BCUT2D eigenvalue weighted by Gasteiger charge is -2.13. The Morgan fingerprint density at radius 1 is 1.20 bits per heavy atom. The van der Waals surface area contributed by atoms with E-state index in [0.717, 1.165) is 11.3 Å². The largest absolute Gasteiger partial charge is 0.270 e. The number of aromatic amines is 1. The van der Waals surface area contributed by atoms with Crippen LogP contribution in [0.4, 0.5) is 0 Å². The van der Waals surface area contributed by atoms with Crippen LogP contribution >= 0.6 is 0 Å². The Hall–Kier alpha value is -2.24. The number of rotatable bonds is 4. The van der Waals surface area contributed by atoms with Crippen molar-refractivity contribution in [3.63, 3.8) is 0 Å². The van der Waals surface area contributed by atoms with Crippen LogP contribution in [0.5, 0.6) is 0 Å². The third kappa shape index (κ3) is 3.01. The lowest BCUT2D eigenvalue weighted by Crippen LogP contribution is -2.28. The van der Waals surface area contributed by atoms with Gasteiger partial charge in [-0.1, -0.05) is 20.8 Å². The van der Waals surface area contributed by atoms with Crippen LogP contribution in [0.1, 0.15) is 43.9 Å². The molecule has 0 saturated heterocycles. The molecule has 2 aromatic rings. The molecule has 2 heterocycles. The van der Waals surface area contributed by atoms with Gasteiger partial charge in [-0.15, -0.1) is 0 Å². The Labute approximate surface area is 116 Å². The molecule has 20 heavy (non-hydrogen) atoms. The van der Waals surface area contributed by atoms with Crippen molar-refractivity contribution < 1.29 is 0 Å². The van der Waals surface area contributed by atoms with Crippen molar-refractivity contribution in [1.29, 1.82) is 0 Å². The molecule has 2 aromatic heterocycles. The summed E-state index contributed by atoms with van der Waals surface area (Å²) in [5.41, 5.74) is 1.17. The van der Waals surface area contributed by atoms with E-state index >= 15 is 0 Å². The SMILES string of the molecule is CC(C)c1ccnn(CC(C)c2ccc(=O)[nH]n2)c1=O. The quantitative estimate of drug-likeness (QED) is 0.910. The maximum atomic E-state index is 12.3. The Bertz CT molecular complexity index is 682. The van der Waals surface area contributed by atoms with Gasteiger partial charge in [-0.25, -0.2) is 9.78 Å². The lowest BCUT2D eigenvalue weighted by atomic mass is 10.1. The number of H-pyrrole nitrogens is 1. The lowest BCUT2D eigenvalue weighted by molar-refractivity contribution is 0.500. The van der Waals surface area contributed by atoms with Crippen molar-refractivity contribution in [2.75, 3.05) is 0 Å². The first-order chi connectivity index (χ1) is 9.49. The normalized spacial score (nSPS) is 12.6. The van der Waals surface area contributed by atoms with E-state index in [-0.39, 0.29) is 23.0 Å². The van der Waals surface area contributed by atoms with Gasteiger partial charge in [0.2, 0.25) is 0 Å². The third-order valence-electron chi connectivity index (χ3n) is 3.22. The van der Waals surface area contributed by atoms with E-state index < -0.39 is 0 Å². The number of nitrogens with one attached hydrogen (secondary N) is 1. The highest BCUT2D eigenvalue weighted by Gasteiger charge is 2.13. The summed E-state index contributed by atoms with van der Waals surface area (Å²) in [6, 6.07) is 4.85. The van der Waals surface area contributed by atoms with Gasteiger partial charge in [0.1, 0.15) is 0 Å². The monoisotopic (exact) mass is 274 g/mol. The van der Waals surface area contributed by atoms with E-state index in [9.17, 15) is 9.59 Å². The van der Waals surface area contributed by atoms with Gasteiger partial charge >= 0.3 is 0 Å². The van der Waals surface area contributed by atoms with E-state index in [1.165, 1.54) is 10.7 Å². The minimum atomic E-state index is -0.238. The Morgan fingerprint density at radius 3 is 2.55 bits per heavy atom. The van der Waals surface area contributed by atoms with Crippen molar-refractivity contribution in [1.82, 2.24) is 20.0 Å². The smallest absolute Gasteiger partial charge is 0.268 e. The first-order valence-corrected chi connectivity index (χ1v) is 6.60. The molecule has 0 aliphatic rings. The molecule has 0 aliphatic carbocycles. The first kappa shape index (κ1) is 14.2. The molecule has 6 nitrogen and oxygen atoms in total. The second-order valence-corrected chi connectivity index (χ2v) is 5.18. The summed E-state index contributed by atoms with van der Waals surface area (Å²) in [5, 5.41) is 10.5. The van der Waals surface area contributed by atoms with Crippen LogP contribution in [-0.4, -0.2) is 20.0 Å². The molecule has 106 valence electrons. The third-order valence-corrected chi connectivity index (χ3v) is 3.22. The van der Waals surface area contributed by atoms with Crippen molar-refractivity contribution in [2.45, 2.75) is 39.2 Å². The van der Waals surface area contributed by atoms with Crippen LogP contribution in [0.15, 0.2) is 34.0 Å². The van der Waals surface area contributed by atoms with Gasteiger partial charge in [-0.2, -0.15) is 10.2 Å². The molecule has 2 rings (SSSR count). The average Bonchev–Trinajstić information content (AvgIpc) is 2.41. The van der Waals surface area contributed by atoms with Crippen molar-refractivity contribution >= 4 is 0 Å². The summed E-state index contributed by atoms with van der Waals surface area (Å²) >= 11 is 0. The summed E-state index contributed by atoms with van der Waals surface area (Å²) in [7, 11) is 0. The van der Waals surface area contributed by atoms with Gasteiger partial charge in [-0.3, -0.25) is 9.59 Å². The fraction of sp³-hybridized carbons (Fsp3) is 0.429. The van der Waals surface area contributed by atoms with Gasteiger partial charge in [0.25, 0.3) is 11.1 Å². The predicted octanol–water partition coefficient (Wildman–Crippen LogP) is 1.25. The summed E-state index contributed by atoms with van der Waals surface area (Å²) < 4.78 is 1.45. The second-order valence-electron chi connectivity index (χ2n) is 5.18. The van der Waals surface area contributed by atoms with E-state index in [1.54, 1.807) is 18.3 Å². The number of hydrogen-bond acceptors (Lipinski definition) is 4. The fourth-order valence-corrected chi connectivity index (χ4v) is 2.02. The molecular weight excluding hydrogens is 256 g/mol. The van der Waals surface area contributed by atoms with Gasteiger partial charge in [0, 0.05) is 23.7 Å². The maximum absolute atomic E-state index is 12.3. The van der Waals surface area contributed by atoms with Crippen LogP contribution in [0.2, 0.25) is 0 Å². The van der Waals surface area contributed by atoms with E-state index in [4.69, 9.17) is 0 Å². The van der Waals surface area contributed by atoms with Gasteiger partial charge in [-0.05, 0) is 18.1 Å². The first-order valence-electron chi connectivity index (χ1n) is 6.60. The van der Waals surface area contributed by atoms with Crippen molar-refractivity contribution in [2.24, 2.45) is 0 Å². The average molecular weight is 274 g/mol. The molecule has 0 spiro atoms. The maximum Gasteiger partial charge on any atom is 0.270 e. The minimum absolute atomic E-state index is 0.0144. The van der Waals surface area contributed by atoms with Crippen molar-refractivity contribution in [3.8, 4) is 0 Å². The van der Waals surface area contributed by atoms with E-state index in [2.05, 4.69) is 15.3 Å². The highest BCUT2D eigenvalue weighted by molar-refractivity contribution is 5.12. The molecule has 0 fully saturated rings.